The Balaban J connectivity index is 2.37. The second-order valence-corrected chi connectivity index (χ2v) is 5.71. The Morgan fingerprint density at radius 2 is 1.52 bits per heavy atom. The van der Waals surface area contributed by atoms with Gasteiger partial charge in [0.15, 0.2) is 5.43 Å². The predicted octanol–water partition coefficient (Wildman–Crippen LogP) is 4.69. The van der Waals surface area contributed by atoms with Crippen LogP contribution in [0.2, 0.25) is 0 Å². The first kappa shape index (κ1) is 13.6. The smallest absolute Gasteiger partial charge is 0.196 e. The van der Waals surface area contributed by atoms with Gasteiger partial charge in [-0.3, -0.25) is 4.79 Å². The average Bonchev–Trinajstić information content (AvgIpc) is 2.43. The summed E-state index contributed by atoms with van der Waals surface area (Å²) in [4.78, 5) is 12.7. The average molecular weight is 278 g/mol. The van der Waals surface area contributed by atoms with E-state index in [2.05, 4.69) is 0 Å². The maximum Gasteiger partial charge on any atom is 0.196 e. The molecule has 2 aromatic carbocycles. The van der Waals surface area contributed by atoms with Crippen LogP contribution in [-0.4, -0.2) is 0 Å². The van der Waals surface area contributed by atoms with Gasteiger partial charge in [-0.1, -0.05) is 35.9 Å². The van der Waals surface area contributed by atoms with Crippen molar-refractivity contribution in [1.29, 1.82) is 0 Å². The van der Waals surface area contributed by atoms with Crippen LogP contribution >= 0.6 is 0 Å². The van der Waals surface area contributed by atoms with E-state index in [-0.39, 0.29) is 5.43 Å². The molecule has 2 nitrogen and oxygen atoms in total. The number of hydrogen-bond acceptors (Lipinski definition) is 2. The predicted molar refractivity (Wildman–Crippen MR) is 86.9 cm³/mol. The van der Waals surface area contributed by atoms with Crippen molar-refractivity contribution in [2.24, 2.45) is 0 Å². The highest BCUT2D eigenvalue weighted by molar-refractivity contribution is 5.84. The van der Waals surface area contributed by atoms with E-state index in [9.17, 15) is 4.79 Å². The zero-order chi connectivity index (χ0) is 15.1. The van der Waals surface area contributed by atoms with E-state index in [1.165, 1.54) is 5.56 Å². The monoisotopic (exact) mass is 278 g/mol. The van der Waals surface area contributed by atoms with E-state index in [1.807, 2.05) is 64.1 Å². The van der Waals surface area contributed by atoms with Crippen LogP contribution in [0.3, 0.4) is 0 Å². The number of hydrogen-bond donors (Lipinski definition) is 0. The van der Waals surface area contributed by atoms with Crippen LogP contribution in [0.15, 0.2) is 45.6 Å². The number of benzene rings is 2. The molecule has 1 heterocycles. The van der Waals surface area contributed by atoms with Gasteiger partial charge in [-0.15, -0.1) is 0 Å². The molecule has 106 valence electrons. The van der Waals surface area contributed by atoms with Crippen molar-refractivity contribution in [3.8, 4) is 11.3 Å². The van der Waals surface area contributed by atoms with Crippen LogP contribution < -0.4 is 5.43 Å². The molecule has 0 amide bonds. The van der Waals surface area contributed by atoms with Crippen LogP contribution in [0.1, 0.15) is 22.3 Å². The number of aryl methyl sites for hydroxylation is 3. The second kappa shape index (κ2) is 4.88. The van der Waals surface area contributed by atoms with Crippen molar-refractivity contribution < 1.29 is 4.42 Å². The quantitative estimate of drug-likeness (QED) is 0.646. The van der Waals surface area contributed by atoms with Crippen molar-refractivity contribution in [2.75, 3.05) is 0 Å². The summed E-state index contributed by atoms with van der Waals surface area (Å²) in [7, 11) is 0. The lowest BCUT2D eigenvalue weighted by molar-refractivity contribution is 0.613. The summed E-state index contributed by atoms with van der Waals surface area (Å²) in [6.07, 6.45) is 0. The summed E-state index contributed by atoms with van der Waals surface area (Å²) in [5.41, 5.74) is 5.59. The normalized spacial score (nSPS) is 11.0. The highest BCUT2D eigenvalue weighted by Crippen LogP contribution is 2.27. The molecule has 0 aliphatic rings. The topological polar surface area (TPSA) is 30.2 Å². The molecule has 0 saturated heterocycles. The first-order valence-corrected chi connectivity index (χ1v) is 7.09. The zero-order valence-corrected chi connectivity index (χ0v) is 12.8. The molecule has 1 aromatic heterocycles. The molecule has 0 saturated carbocycles. The third-order valence-electron chi connectivity index (χ3n) is 3.88. The fourth-order valence-corrected chi connectivity index (χ4v) is 2.76. The molecule has 2 heteroatoms. The summed E-state index contributed by atoms with van der Waals surface area (Å²) in [6.45, 7) is 7.84. The molecule has 0 unspecified atom stereocenters. The fourth-order valence-electron chi connectivity index (χ4n) is 2.76. The van der Waals surface area contributed by atoms with Crippen molar-refractivity contribution in [3.63, 3.8) is 0 Å². The van der Waals surface area contributed by atoms with Crippen LogP contribution in [-0.2, 0) is 0 Å². The Morgan fingerprint density at radius 3 is 2.19 bits per heavy atom. The lowest BCUT2D eigenvalue weighted by atomic mass is 10.0. The van der Waals surface area contributed by atoms with Gasteiger partial charge < -0.3 is 4.42 Å². The summed E-state index contributed by atoms with van der Waals surface area (Å²) in [6, 6.07) is 12.0. The molecule has 3 rings (SSSR count). The molecule has 3 aromatic rings. The van der Waals surface area contributed by atoms with Crippen LogP contribution in [0.5, 0.6) is 0 Å². The van der Waals surface area contributed by atoms with Gasteiger partial charge >= 0.3 is 0 Å². The second-order valence-electron chi connectivity index (χ2n) is 5.71. The lowest BCUT2D eigenvalue weighted by Gasteiger charge is -2.09. The Labute approximate surface area is 124 Å². The van der Waals surface area contributed by atoms with Crippen molar-refractivity contribution >= 4 is 11.0 Å². The molecule has 0 aliphatic heterocycles. The highest BCUT2D eigenvalue weighted by Gasteiger charge is 2.14. The molecule has 21 heavy (non-hydrogen) atoms. The van der Waals surface area contributed by atoms with Gasteiger partial charge in [0.05, 0.1) is 5.39 Å². The van der Waals surface area contributed by atoms with E-state index in [0.717, 1.165) is 16.7 Å². The molecule has 0 radical (unpaired) electrons. The summed E-state index contributed by atoms with van der Waals surface area (Å²) < 4.78 is 6.06. The van der Waals surface area contributed by atoms with E-state index >= 15 is 0 Å². The molecule has 0 bridgehead atoms. The van der Waals surface area contributed by atoms with E-state index in [0.29, 0.717) is 22.3 Å². The van der Waals surface area contributed by atoms with Crippen LogP contribution in [0.4, 0.5) is 0 Å². The molecular formula is C19H18O2. The molecular weight excluding hydrogens is 260 g/mol. The number of rotatable bonds is 1. The lowest BCUT2D eigenvalue weighted by Crippen LogP contribution is -2.08. The number of fused-ring (bicyclic) bond motifs is 1. The van der Waals surface area contributed by atoms with Gasteiger partial charge in [-0.05, 0) is 44.9 Å². The van der Waals surface area contributed by atoms with Gasteiger partial charge in [-0.2, -0.15) is 0 Å². The van der Waals surface area contributed by atoms with Crippen molar-refractivity contribution in [1.82, 2.24) is 0 Å². The maximum absolute atomic E-state index is 12.7. The van der Waals surface area contributed by atoms with Crippen molar-refractivity contribution in [2.45, 2.75) is 27.7 Å². The summed E-state index contributed by atoms with van der Waals surface area (Å²) in [5, 5.41) is 0.689. The molecule has 0 fully saturated rings. The van der Waals surface area contributed by atoms with E-state index < -0.39 is 0 Å². The standard InChI is InChI=1S/C19H18O2/c1-11-5-7-15(8-6-11)19-14(4)18(20)17-13(3)9-12(2)10-16(17)21-19/h5-10H,1-4H3. The Bertz CT molecular complexity index is 884. The minimum atomic E-state index is 0.0596. The molecule has 0 aliphatic carbocycles. The highest BCUT2D eigenvalue weighted by atomic mass is 16.3. The van der Waals surface area contributed by atoms with Gasteiger partial charge in [0.25, 0.3) is 0 Å². The maximum atomic E-state index is 12.7. The molecule has 0 N–H and O–H groups in total. The van der Waals surface area contributed by atoms with Crippen molar-refractivity contribution in [3.05, 3.63) is 68.9 Å². The summed E-state index contributed by atoms with van der Waals surface area (Å²) >= 11 is 0. The Hall–Kier alpha value is -2.35. The fraction of sp³-hybridized carbons (Fsp3) is 0.211. The minimum absolute atomic E-state index is 0.0596. The van der Waals surface area contributed by atoms with Gasteiger partial charge in [0, 0.05) is 11.1 Å². The first-order valence-electron chi connectivity index (χ1n) is 7.09. The van der Waals surface area contributed by atoms with Crippen LogP contribution in [0, 0.1) is 27.7 Å². The van der Waals surface area contributed by atoms with Crippen LogP contribution in [0.25, 0.3) is 22.3 Å². The van der Waals surface area contributed by atoms with Gasteiger partial charge in [0.1, 0.15) is 11.3 Å². The SMILES string of the molecule is Cc1ccc(-c2oc3cc(C)cc(C)c3c(=O)c2C)cc1. The minimum Gasteiger partial charge on any atom is -0.456 e. The zero-order valence-electron chi connectivity index (χ0n) is 12.8. The first-order chi connectivity index (χ1) is 9.97. The van der Waals surface area contributed by atoms with Gasteiger partial charge in [-0.25, -0.2) is 0 Å². The molecule has 0 spiro atoms. The van der Waals surface area contributed by atoms with E-state index in [4.69, 9.17) is 4.42 Å². The Morgan fingerprint density at radius 1 is 0.857 bits per heavy atom. The third kappa shape index (κ3) is 2.27. The van der Waals surface area contributed by atoms with Gasteiger partial charge in [0.2, 0.25) is 0 Å². The largest absolute Gasteiger partial charge is 0.456 e. The third-order valence-corrected chi connectivity index (χ3v) is 3.88. The Kier molecular flexibility index (Phi) is 3.17. The summed E-state index contributed by atoms with van der Waals surface area (Å²) in [5.74, 6) is 0.664. The molecule has 0 atom stereocenters. The van der Waals surface area contributed by atoms with E-state index in [1.54, 1.807) is 0 Å².